The lowest BCUT2D eigenvalue weighted by Crippen LogP contribution is -2.28. The summed E-state index contributed by atoms with van der Waals surface area (Å²) in [5, 5.41) is 8.89. The summed E-state index contributed by atoms with van der Waals surface area (Å²) in [7, 11) is 2.00. The predicted molar refractivity (Wildman–Crippen MR) is 77.5 cm³/mol. The fourth-order valence-electron chi connectivity index (χ4n) is 1.59. The van der Waals surface area contributed by atoms with Gasteiger partial charge in [0.05, 0.1) is 18.3 Å². The zero-order valence-electron chi connectivity index (χ0n) is 12.3. The Hall–Kier alpha value is -1.59. The molecule has 0 radical (unpaired) electrons. The molecule has 0 fully saturated rings. The number of hydrogen-bond donors (Lipinski definition) is 1. The van der Waals surface area contributed by atoms with Crippen molar-refractivity contribution in [3.05, 3.63) is 29.8 Å². The van der Waals surface area contributed by atoms with E-state index in [9.17, 15) is 4.79 Å². The van der Waals surface area contributed by atoms with Crippen LogP contribution in [0.15, 0.2) is 24.3 Å². The molecule has 0 unspecified atom stereocenters. The smallest absolute Gasteiger partial charge is 0.335 e. The number of carboxylic acid groups (broad SMARTS) is 1. The van der Waals surface area contributed by atoms with Gasteiger partial charge in [0.25, 0.3) is 0 Å². The summed E-state index contributed by atoms with van der Waals surface area (Å²) in [6, 6.07) is 6.52. The topological polar surface area (TPSA) is 59.0 Å². The minimum atomic E-state index is -0.946. The standard InChI is InChI=1S/C15H23NO4/c1-12(2)19-9-7-16(3)8-10-20-14-6-4-5-13(11-14)15(17)18/h4-6,11-12H,7-10H2,1-3H3,(H,17,18). The molecule has 112 valence electrons. The molecule has 0 atom stereocenters. The van der Waals surface area contributed by atoms with Crippen molar-refractivity contribution >= 4 is 5.97 Å². The molecular formula is C15H23NO4. The Morgan fingerprint density at radius 2 is 2.00 bits per heavy atom. The van der Waals surface area contributed by atoms with E-state index in [1.165, 1.54) is 6.07 Å². The van der Waals surface area contributed by atoms with E-state index in [1.54, 1.807) is 18.2 Å². The van der Waals surface area contributed by atoms with Gasteiger partial charge in [-0.1, -0.05) is 6.07 Å². The summed E-state index contributed by atoms with van der Waals surface area (Å²) in [4.78, 5) is 12.9. The van der Waals surface area contributed by atoms with Crippen molar-refractivity contribution in [2.24, 2.45) is 0 Å². The highest BCUT2D eigenvalue weighted by molar-refractivity contribution is 5.87. The monoisotopic (exact) mass is 281 g/mol. The van der Waals surface area contributed by atoms with Crippen LogP contribution in [0.3, 0.4) is 0 Å². The van der Waals surface area contributed by atoms with Crippen LogP contribution in [-0.4, -0.2) is 55.4 Å². The minimum absolute atomic E-state index is 0.237. The fraction of sp³-hybridized carbons (Fsp3) is 0.533. The SMILES string of the molecule is CC(C)OCCN(C)CCOc1cccc(C(=O)O)c1. The first-order chi connectivity index (χ1) is 9.49. The molecule has 0 aliphatic rings. The van der Waals surface area contributed by atoms with E-state index >= 15 is 0 Å². The molecule has 0 amide bonds. The van der Waals surface area contributed by atoms with Gasteiger partial charge >= 0.3 is 5.97 Å². The number of rotatable bonds is 9. The predicted octanol–water partition coefficient (Wildman–Crippen LogP) is 2.12. The van der Waals surface area contributed by atoms with Crippen molar-refractivity contribution in [2.75, 3.05) is 33.4 Å². The van der Waals surface area contributed by atoms with Crippen LogP contribution in [0.4, 0.5) is 0 Å². The number of likely N-dealkylation sites (N-methyl/N-ethyl adjacent to an activating group) is 1. The molecule has 0 saturated carbocycles. The van der Waals surface area contributed by atoms with Crippen molar-refractivity contribution < 1.29 is 19.4 Å². The van der Waals surface area contributed by atoms with Crippen LogP contribution in [-0.2, 0) is 4.74 Å². The van der Waals surface area contributed by atoms with E-state index in [0.717, 1.165) is 13.1 Å². The molecule has 0 aliphatic carbocycles. The highest BCUT2D eigenvalue weighted by Crippen LogP contribution is 2.13. The third kappa shape index (κ3) is 6.54. The fourth-order valence-corrected chi connectivity index (χ4v) is 1.59. The van der Waals surface area contributed by atoms with Crippen LogP contribution in [0, 0.1) is 0 Å². The summed E-state index contributed by atoms with van der Waals surface area (Å²) in [5.41, 5.74) is 0.237. The maximum absolute atomic E-state index is 10.8. The molecule has 20 heavy (non-hydrogen) atoms. The number of hydrogen-bond acceptors (Lipinski definition) is 4. The second kappa shape index (κ2) is 8.55. The average molecular weight is 281 g/mol. The molecule has 5 nitrogen and oxygen atoms in total. The lowest BCUT2D eigenvalue weighted by molar-refractivity contribution is 0.0615. The van der Waals surface area contributed by atoms with E-state index in [0.29, 0.717) is 19.0 Å². The van der Waals surface area contributed by atoms with Crippen molar-refractivity contribution in [2.45, 2.75) is 20.0 Å². The second-order valence-electron chi connectivity index (χ2n) is 4.90. The van der Waals surface area contributed by atoms with Gasteiger partial charge in [-0.25, -0.2) is 4.79 Å². The molecule has 0 spiro atoms. The second-order valence-corrected chi connectivity index (χ2v) is 4.90. The first kappa shape index (κ1) is 16.5. The quantitative estimate of drug-likeness (QED) is 0.751. The summed E-state index contributed by atoms with van der Waals surface area (Å²) >= 11 is 0. The average Bonchev–Trinajstić information content (AvgIpc) is 2.38. The van der Waals surface area contributed by atoms with E-state index < -0.39 is 5.97 Å². The van der Waals surface area contributed by atoms with Gasteiger partial charge in [0.15, 0.2) is 0 Å². The molecule has 1 aromatic carbocycles. The van der Waals surface area contributed by atoms with Gasteiger partial charge in [0, 0.05) is 13.1 Å². The van der Waals surface area contributed by atoms with Crippen molar-refractivity contribution in [3.8, 4) is 5.75 Å². The number of benzene rings is 1. The molecule has 0 aromatic heterocycles. The Bertz CT molecular complexity index is 420. The number of nitrogens with zero attached hydrogens (tertiary/aromatic N) is 1. The van der Waals surface area contributed by atoms with Crippen molar-refractivity contribution in [1.29, 1.82) is 0 Å². The Labute approximate surface area is 120 Å². The molecule has 1 N–H and O–H groups in total. The molecule has 1 aromatic rings. The van der Waals surface area contributed by atoms with Crippen LogP contribution in [0.2, 0.25) is 0 Å². The van der Waals surface area contributed by atoms with E-state index in [2.05, 4.69) is 4.90 Å². The molecule has 0 heterocycles. The van der Waals surface area contributed by atoms with Crippen LogP contribution >= 0.6 is 0 Å². The molecule has 5 heteroatoms. The third-order valence-electron chi connectivity index (χ3n) is 2.75. The number of aromatic carboxylic acids is 1. The van der Waals surface area contributed by atoms with Gasteiger partial charge in [-0.05, 0) is 39.1 Å². The Kier molecular flexibility index (Phi) is 7.04. The molecule has 1 rings (SSSR count). The number of carboxylic acids is 1. The lowest BCUT2D eigenvalue weighted by Gasteiger charge is -2.17. The first-order valence-electron chi connectivity index (χ1n) is 6.75. The number of ether oxygens (including phenoxy) is 2. The van der Waals surface area contributed by atoms with Gasteiger partial charge in [0.2, 0.25) is 0 Å². The molecular weight excluding hydrogens is 258 g/mol. The van der Waals surface area contributed by atoms with E-state index in [1.807, 2.05) is 20.9 Å². The van der Waals surface area contributed by atoms with Gasteiger partial charge in [-0.2, -0.15) is 0 Å². The van der Waals surface area contributed by atoms with Crippen LogP contribution in [0.5, 0.6) is 5.75 Å². The Morgan fingerprint density at radius 1 is 1.30 bits per heavy atom. The molecule has 0 saturated heterocycles. The summed E-state index contributed by atoms with van der Waals surface area (Å²) in [5.74, 6) is -0.366. The van der Waals surface area contributed by atoms with Crippen molar-refractivity contribution in [1.82, 2.24) is 4.90 Å². The van der Waals surface area contributed by atoms with Gasteiger partial charge in [-0.3, -0.25) is 0 Å². The zero-order chi connectivity index (χ0) is 15.0. The van der Waals surface area contributed by atoms with E-state index in [-0.39, 0.29) is 11.7 Å². The van der Waals surface area contributed by atoms with Gasteiger partial charge in [-0.15, -0.1) is 0 Å². The third-order valence-corrected chi connectivity index (χ3v) is 2.75. The highest BCUT2D eigenvalue weighted by atomic mass is 16.5. The van der Waals surface area contributed by atoms with Crippen LogP contribution in [0.1, 0.15) is 24.2 Å². The summed E-state index contributed by atoms with van der Waals surface area (Å²) in [6.07, 6.45) is 0.249. The normalized spacial score (nSPS) is 11.1. The van der Waals surface area contributed by atoms with Crippen molar-refractivity contribution in [3.63, 3.8) is 0 Å². The summed E-state index contributed by atoms with van der Waals surface area (Å²) < 4.78 is 11.0. The summed E-state index contributed by atoms with van der Waals surface area (Å²) in [6.45, 7) is 6.84. The lowest BCUT2D eigenvalue weighted by atomic mass is 10.2. The minimum Gasteiger partial charge on any atom is -0.492 e. The largest absolute Gasteiger partial charge is 0.492 e. The Morgan fingerprint density at radius 3 is 2.65 bits per heavy atom. The first-order valence-corrected chi connectivity index (χ1v) is 6.75. The molecule has 0 aliphatic heterocycles. The van der Waals surface area contributed by atoms with Crippen LogP contribution < -0.4 is 4.74 Å². The van der Waals surface area contributed by atoms with Crippen LogP contribution in [0.25, 0.3) is 0 Å². The number of carbonyl (C=O) groups is 1. The molecule has 0 bridgehead atoms. The Balaban J connectivity index is 2.26. The zero-order valence-corrected chi connectivity index (χ0v) is 12.3. The van der Waals surface area contributed by atoms with Gasteiger partial charge in [0.1, 0.15) is 12.4 Å². The van der Waals surface area contributed by atoms with E-state index in [4.69, 9.17) is 14.6 Å². The highest BCUT2D eigenvalue weighted by Gasteiger charge is 2.04. The maximum atomic E-state index is 10.8. The van der Waals surface area contributed by atoms with Gasteiger partial charge < -0.3 is 19.5 Å². The maximum Gasteiger partial charge on any atom is 0.335 e.